The number of aromatic nitrogens is 4. The molecule has 1 saturated carbocycles. The Hall–Kier alpha value is -8.03. The summed E-state index contributed by atoms with van der Waals surface area (Å²) in [6.45, 7) is 2.33. The Morgan fingerprint density at radius 3 is 2.41 bits per heavy atom. The summed E-state index contributed by atoms with van der Waals surface area (Å²) in [5, 5.41) is 22.7. The molecule has 16 nitrogen and oxygen atoms in total. The van der Waals surface area contributed by atoms with Gasteiger partial charge in [0.05, 0.1) is 51.3 Å². The van der Waals surface area contributed by atoms with E-state index in [0.29, 0.717) is 36.5 Å². The minimum absolute atomic E-state index is 0.000321. The lowest BCUT2D eigenvalue weighted by Crippen LogP contribution is -2.54. The summed E-state index contributed by atoms with van der Waals surface area (Å²) in [4.78, 5) is 82.5. The number of fused-ring (bicyclic) bond motifs is 2. The van der Waals surface area contributed by atoms with Gasteiger partial charge in [-0.15, -0.1) is 5.10 Å². The van der Waals surface area contributed by atoms with Crippen molar-refractivity contribution in [1.29, 1.82) is 0 Å². The summed E-state index contributed by atoms with van der Waals surface area (Å²) in [5.74, 6) is -4.69. The standard InChI is InChI=1S/C48H42F4N10O6/c1-25(55-36-11-7-10-30-41(36)47(68)62(46(30)67)39-16-17-40(63)58-45(39)66)38-24-61(60-59-38)19-6-5-18-53-43(64)29-15-12-26(20-35(29)49)31-21-32-37(22-34(31)48(50,51)52)54-23-33(44(65)57-28-13-14-28)42(32)56-27-8-3-2-4-9-27/h2-4,7-12,15,20-25,28,39,55H,5-6,13-14,16-19H2,1H3,(H,53,64)(H,54,56)(H,57,65)(H,58,63,66). The summed E-state index contributed by atoms with van der Waals surface area (Å²) in [6, 6.07) is 17.3. The largest absolute Gasteiger partial charge is 0.417 e. The minimum Gasteiger partial charge on any atom is -0.376 e. The molecule has 5 N–H and O–H groups in total. The number of rotatable bonds is 15. The number of hydrogen-bond acceptors (Lipinski definition) is 11. The number of nitrogens with zero attached hydrogens (tertiary/aromatic N) is 5. The third kappa shape index (κ3) is 9.20. The van der Waals surface area contributed by atoms with Crippen LogP contribution in [0.5, 0.6) is 0 Å². The van der Waals surface area contributed by atoms with E-state index in [4.69, 9.17) is 0 Å². The van der Waals surface area contributed by atoms with Crippen LogP contribution in [-0.2, 0) is 22.3 Å². The number of pyridine rings is 1. The summed E-state index contributed by atoms with van der Waals surface area (Å²) in [5.41, 5.74) is 0.0402. The Morgan fingerprint density at radius 2 is 1.68 bits per heavy atom. The Morgan fingerprint density at radius 1 is 0.882 bits per heavy atom. The van der Waals surface area contributed by atoms with Gasteiger partial charge in [0.25, 0.3) is 23.6 Å². The zero-order valence-corrected chi connectivity index (χ0v) is 36.2. The van der Waals surface area contributed by atoms with Crippen molar-refractivity contribution in [2.45, 2.75) is 76.3 Å². The van der Waals surface area contributed by atoms with Gasteiger partial charge in [-0.25, -0.2) is 4.39 Å². The van der Waals surface area contributed by atoms with Gasteiger partial charge in [-0.1, -0.05) is 35.5 Å². The number of unbranched alkanes of at least 4 members (excludes halogenated alkanes) is 1. The van der Waals surface area contributed by atoms with Crippen LogP contribution in [0.1, 0.15) is 104 Å². The molecule has 4 aromatic carbocycles. The van der Waals surface area contributed by atoms with Crippen LogP contribution in [-0.4, -0.2) is 78.9 Å². The second-order valence-corrected chi connectivity index (χ2v) is 16.8. The molecule has 9 rings (SSSR count). The Balaban J connectivity index is 0.833. The van der Waals surface area contributed by atoms with Gasteiger partial charge in [-0.2, -0.15) is 13.2 Å². The Bertz CT molecular complexity index is 3030. The van der Waals surface area contributed by atoms with Gasteiger partial charge < -0.3 is 21.3 Å². The molecular formula is C48H42F4N10O6. The van der Waals surface area contributed by atoms with Crippen molar-refractivity contribution in [3.05, 3.63) is 131 Å². The average Bonchev–Trinajstić information content (AvgIpc) is 3.93. The normalized spacial score (nSPS) is 16.4. The van der Waals surface area contributed by atoms with Crippen molar-refractivity contribution in [3.63, 3.8) is 0 Å². The monoisotopic (exact) mass is 930 g/mol. The maximum absolute atomic E-state index is 15.7. The molecule has 348 valence electrons. The number of halogens is 4. The maximum atomic E-state index is 15.7. The summed E-state index contributed by atoms with van der Waals surface area (Å²) in [6.07, 6.45) is 0.690. The molecule has 4 heterocycles. The van der Waals surface area contributed by atoms with Crippen LogP contribution in [0.3, 0.4) is 0 Å². The minimum atomic E-state index is -4.87. The number of aryl methyl sites for hydroxylation is 1. The number of anilines is 3. The lowest BCUT2D eigenvalue weighted by molar-refractivity contribution is -0.137. The van der Waals surface area contributed by atoms with Gasteiger partial charge in [-0.3, -0.25) is 48.6 Å². The van der Waals surface area contributed by atoms with E-state index >= 15 is 4.39 Å². The van der Waals surface area contributed by atoms with Gasteiger partial charge >= 0.3 is 6.18 Å². The third-order valence-corrected chi connectivity index (χ3v) is 12.0. The van der Waals surface area contributed by atoms with Crippen LogP contribution in [0.2, 0.25) is 0 Å². The summed E-state index contributed by atoms with van der Waals surface area (Å²) >= 11 is 0. The molecule has 3 aliphatic rings. The smallest absolute Gasteiger partial charge is 0.376 e. The highest BCUT2D eigenvalue weighted by Crippen LogP contribution is 2.42. The average molecular weight is 931 g/mol. The van der Waals surface area contributed by atoms with Crippen molar-refractivity contribution < 1.29 is 46.3 Å². The fourth-order valence-electron chi connectivity index (χ4n) is 8.30. The third-order valence-electron chi connectivity index (χ3n) is 12.0. The van der Waals surface area contributed by atoms with Gasteiger partial charge in [0.15, 0.2) is 0 Å². The highest BCUT2D eigenvalue weighted by Gasteiger charge is 2.46. The highest BCUT2D eigenvalue weighted by atomic mass is 19.4. The number of para-hydroxylation sites is 1. The molecule has 20 heteroatoms. The van der Waals surface area contributed by atoms with E-state index in [-0.39, 0.29) is 75.4 Å². The lowest BCUT2D eigenvalue weighted by Gasteiger charge is -2.27. The molecular weight excluding hydrogens is 889 g/mol. The van der Waals surface area contributed by atoms with Crippen LogP contribution in [0.25, 0.3) is 22.0 Å². The molecule has 0 spiro atoms. The molecule has 0 radical (unpaired) electrons. The summed E-state index contributed by atoms with van der Waals surface area (Å²) in [7, 11) is 0. The zero-order chi connectivity index (χ0) is 47.9. The number of piperidine rings is 1. The van der Waals surface area contributed by atoms with E-state index in [0.717, 1.165) is 35.9 Å². The number of carbonyl (C=O) groups is 6. The Kier molecular flexibility index (Phi) is 12.2. The molecule has 1 aliphatic carbocycles. The maximum Gasteiger partial charge on any atom is 0.417 e. The number of alkyl halides is 3. The molecule has 2 aliphatic heterocycles. The van der Waals surface area contributed by atoms with Crippen molar-refractivity contribution in [1.82, 2.24) is 40.8 Å². The van der Waals surface area contributed by atoms with Gasteiger partial charge in [0.2, 0.25) is 11.8 Å². The van der Waals surface area contributed by atoms with E-state index in [1.54, 1.807) is 60.3 Å². The molecule has 6 aromatic rings. The molecule has 2 fully saturated rings. The number of amides is 6. The Labute approximate surface area is 384 Å². The van der Waals surface area contributed by atoms with Crippen molar-refractivity contribution in [3.8, 4) is 11.1 Å². The van der Waals surface area contributed by atoms with Crippen LogP contribution in [0.4, 0.5) is 34.6 Å². The van der Waals surface area contributed by atoms with Crippen molar-refractivity contribution in [2.24, 2.45) is 0 Å². The first-order valence-corrected chi connectivity index (χ1v) is 21.9. The van der Waals surface area contributed by atoms with Gasteiger partial charge in [0, 0.05) is 48.5 Å². The molecule has 2 atom stereocenters. The number of nitrogens with one attached hydrogen (secondary N) is 5. The number of imide groups is 2. The quantitative estimate of drug-likeness (QED) is 0.0400. The van der Waals surface area contributed by atoms with Crippen molar-refractivity contribution in [2.75, 3.05) is 17.2 Å². The van der Waals surface area contributed by atoms with E-state index in [1.165, 1.54) is 24.4 Å². The first-order chi connectivity index (χ1) is 32.6. The fourth-order valence-corrected chi connectivity index (χ4v) is 8.30. The van der Waals surface area contributed by atoms with Crippen LogP contribution in [0.15, 0.2) is 91.3 Å². The molecule has 6 amide bonds. The van der Waals surface area contributed by atoms with E-state index < -0.39 is 65.1 Å². The number of carbonyl (C=O) groups excluding carboxylic acids is 6. The molecule has 0 bridgehead atoms. The number of benzene rings is 4. The fraction of sp³-hybridized carbons (Fsp3) is 0.271. The van der Waals surface area contributed by atoms with Crippen LogP contribution >= 0.6 is 0 Å². The molecule has 2 unspecified atom stereocenters. The van der Waals surface area contributed by atoms with Crippen molar-refractivity contribution >= 4 is 63.4 Å². The topological polar surface area (TPSA) is 209 Å². The molecule has 2 aromatic heterocycles. The second kappa shape index (κ2) is 18.3. The van der Waals surface area contributed by atoms with Crippen LogP contribution < -0.4 is 26.6 Å². The first kappa shape index (κ1) is 45.1. The second-order valence-electron chi connectivity index (χ2n) is 16.8. The number of hydrogen-bond donors (Lipinski definition) is 5. The van der Waals surface area contributed by atoms with E-state index in [1.807, 2.05) is 0 Å². The van der Waals surface area contributed by atoms with Gasteiger partial charge in [-0.05, 0) is 98.7 Å². The van der Waals surface area contributed by atoms with E-state index in [9.17, 15) is 41.9 Å². The first-order valence-electron chi connectivity index (χ1n) is 21.9. The SMILES string of the molecule is CC(Nc1cccc2c1C(=O)N(C1CCC(=O)NC1=O)C2=O)c1cn(CCCCNC(=O)c2ccc(-c3cc4c(Nc5ccccc5)c(C(=O)NC5CC5)cnc4cc3C(F)(F)F)cc2F)nn1. The predicted octanol–water partition coefficient (Wildman–Crippen LogP) is 7.07. The van der Waals surface area contributed by atoms with E-state index in [2.05, 4.69) is 41.9 Å². The predicted molar refractivity (Wildman–Crippen MR) is 239 cm³/mol. The lowest BCUT2D eigenvalue weighted by atomic mass is 9.94. The van der Waals surface area contributed by atoms with Crippen LogP contribution in [0, 0.1) is 5.82 Å². The molecule has 1 saturated heterocycles. The molecule has 68 heavy (non-hydrogen) atoms. The zero-order valence-electron chi connectivity index (χ0n) is 36.2. The van der Waals surface area contributed by atoms with Gasteiger partial charge in [0.1, 0.15) is 17.6 Å². The highest BCUT2D eigenvalue weighted by molar-refractivity contribution is 6.25. The summed E-state index contributed by atoms with van der Waals surface area (Å²) < 4.78 is 61.2.